The van der Waals surface area contributed by atoms with Gasteiger partial charge >= 0.3 is 0 Å². The van der Waals surface area contributed by atoms with Crippen molar-refractivity contribution in [1.82, 2.24) is 4.90 Å². The lowest BCUT2D eigenvalue weighted by Crippen LogP contribution is -2.38. The summed E-state index contributed by atoms with van der Waals surface area (Å²) in [5.74, 6) is 0.116. The summed E-state index contributed by atoms with van der Waals surface area (Å²) in [5, 5.41) is 3.06. The number of rotatable bonds is 5. The predicted octanol–water partition coefficient (Wildman–Crippen LogP) is 4.05. The van der Waals surface area contributed by atoms with E-state index in [-0.39, 0.29) is 24.4 Å². The third-order valence-electron chi connectivity index (χ3n) is 5.02. The quantitative estimate of drug-likeness (QED) is 0.807. The Morgan fingerprint density at radius 1 is 1.26 bits per heavy atom. The van der Waals surface area contributed by atoms with Gasteiger partial charge in [-0.2, -0.15) is 0 Å². The molecule has 1 fully saturated rings. The van der Waals surface area contributed by atoms with Crippen molar-refractivity contribution in [1.29, 1.82) is 0 Å². The van der Waals surface area contributed by atoms with Crippen molar-refractivity contribution in [2.75, 3.05) is 12.4 Å². The Kier molecular flexibility index (Phi) is 6.19. The van der Waals surface area contributed by atoms with E-state index in [0.717, 1.165) is 25.7 Å². The molecule has 7 heteroatoms. The van der Waals surface area contributed by atoms with Crippen LogP contribution < -0.4 is 11.1 Å². The van der Waals surface area contributed by atoms with E-state index >= 15 is 0 Å². The van der Waals surface area contributed by atoms with Crippen LogP contribution in [0.5, 0.6) is 0 Å². The van der Waals surface area contributed by atoms with Gasteiger partial charge in [0, 0.05) is 18.8 Å². The standard InChI is InChI=1S/C20H24ClN3O3/c1-24(15-5-3-2-4-6-15)20(26)17-8-7-14(10-18(17)21)23-19(25)13-9-16(11-22)27-12-13/h7-10,12,15H,2-6,11,22H2,1H3,(H,23,25). The van der Waals surface area contributed by atoms with Crippen molar-refractivity contribution < 1.29 is 14.0 Å². The molecule has 0 saturated heterocycles. The third-order valence-corrected chi connectivity index (χ3v) is 5.33. The second-order valence-corrected chi connectivity index (χ2v) is 7.27. The molecule has 27 heavy (non-hydrogen) atoms. The van der Waals surface area contributed by atoms with Gasteiger partial charge in [0.1, 0.15) is 12.0 Å². The summed E-state index contributed by atoms with van der Waals surface area (Å²) in [6.45, 7) is 0.227. The average Bonchev–Trinajstić information content (AvgIpc) is 3.17. The Labute approximate surface area is 163 Å². The molecular formula is C20H24ClN3O3. The van der Waals surface area contributed by atoms with Gasteiger partial charge in [0.25, 0.3) is 11.8 Å². The van der Waals surface area contributed by atoms with E-state index in [4.69, 9.17) is 21.8 Å². The molecule has 1 aromatic heterocycles. The normalized spacial score (nSPS) is 14.8. The molecule has 3 N–H and O–H groups in total. The SMILES string of the molecule is CN(C(=O)c1ccc(NC(=O)c2coc(CN)c2)cc1Cl)C1CCCCC1. The number of carbonyl (C=O) groups excluding carboxylic acids is 2. The molecule has 2 amide bonds. The number of halogens is 1. The molecule has 6 nitrogen and oxygen atoms in total. The first kappa shape index (κ1) is 19.5. The van der Waals surface area contributed by atoms with Crippen LogP contribution in [0.15, 0.2) is 34.9 Å². The van der Waals surface area contributed by atoms with E-state index in [1.54, 1.807) is 29.2 Å². The van der Waals surface area contributed by atoms with Crippen LogP contribution in [-0.4, -0.2) is 29.8 Å². The molecule has 1 aliphatic rings. The van der Waals surface area contributed by atoms with Gasteiger partial charge in [0.05, 0.1) is 22.7 Å². The number of anilines is 1. The van der Waals surface area contributed by atoms with Gasteiger partial charge in [-0.3, -0.25) is 9.59 Å². The molecule has 1 heterocycles. The molecule has 1 aliphatic carbocycles. The Morgan fingerprint density at radius 2 is 2.00 bits per heavy atom. The van der Waals surface area contributed by atoms with E-state index in [1.165, 1.54) is 12.7 Å². The number of carbonyl (C=O) groups is 2. The Balaban J connectivity index is 1.69. The van der Waals surface area contributed by atoms with Crippen molar-refractivity contribution in [3.63, 3.8) is 0 Å². The van der Waals surface area contributed by atoms with Gasteiger partial charge in [0.15, 0.2) is 0 Å². The minimum absolute atomic E-state index is 0.0906. The number of amides is 2. The van der Waals surface area contributed by atoms with Crippen LogP contribution in [0.4, 0.5) is 5.69 Å². The summed E-state index contributed by atoms with van der Waals surface area (Å²) < 4.78 is 5.17. The number of benzene rings is 1. The second kappa shape index (κ2) is 8.59. The number of nitrogens with zero attached hydrogens (tertiary/aromatic N) is 1. The highest BCUT2D eigenvalue weighted by Crippen LogP contribution is 2.27. The summed E-state index contributed by atoms with van der Waals surface area (Å²) in [6.07, 6.45) is 6.96. The Morgan fingerprint density at radius 3 is 2.63 bits per heavy atom. The number of nitrogens with two attached hydrogens (primary N) is 1. The lowest BCUT2D eigenvalue weighted by molar-refractivity contribution is 0.0696. The molecule has 0 radical (unpaired) electrons. The van der Waals surface area contributed by atoms with Crippen LogP contribution in [0.2, 0.25) is 5.02 Å². The van der Waals surface area contributed by atoms with Crippen LogP contribution in [0.1, 0.15) is 58.6 Å². The molecule has 0 bridgehead atoms. The number of furan rings is 1. The van der Waals surface area contributed by atoms with E-state index in [1.807, 2.05) is 7.05 Å². The lowest BCUT2D eigenvalue weighted by Gasteiger charge is -2.31. The van der Waals surface area contributed by atoms with E-state index in [2.05, 4.69) is 5.32 Å². The molecule has 0 spiro atoms. The zero-order valence-corrected chi connectivity index (χ0v) is 16.1. The summed E-state index contributed by atoms with van der Waals surface area (Å²) in [5.41, 5.74) is 6.81. The highest BCUT2D eigenvalue weighted by molar-refractivity contribution is 6.34. The van der Waals surface area contributed by atoms with Crippen molar-refractivity contribution >= 4 is 29.1 Å². The monoisotopic (exact) mass is 389 g/mol. The molecule has 144 valence electrons. The Bertz CT molecular complexity index is 828. The topological polar surface area (TPSA) is 88.6 Å². The minimum Gasteiger partial charge on any atom is -0.467 e. The second-order valence-electron chi connectivity index (χ2n) is 6.86. The molecule has 0 atom stereocenters. The summed E-state index contributed by atoms with van der Waals surface area (Å²) >= 11 is 6.33. The maximum absolute atomic E-state index is 12.8. The maximum atomic E-state index is 12.8. The average molecular weight is 390 g/mol. The molecule has 1 aromatic carbocycles. The van der Waals surface area contributed by atoms with Crippen LogP contribution in [-0.2, 0) is 6.54 Å². The first-order valence-electron chi connectivity index (χ1n) is 9.15. The van der Waals surface area contributed by atoms with E-state index < -0.39 is 0 Å². The highest BCUT2D eigenvalue weighted by Gasteiger charge is 2.24. The number of hydrogen-bond acceptors (Lipinski definition) is 4. The van der Waals surface area contributed by atoms with Crippen molar-refractivity contribution in [3.05, 3.63) is 52.4 Å². The van der Waals surface area contributed by atoms with Gasteiger partial charge in [-0.05, 0) is 37.1 Å². The molecule has 1 saturated carbocycles. The summed E-state index contributed by atoms with van der Waals surface area (Å²) in [7, 11) is 1.83. The molecule has 3 rings (SSSR count). The van der Waals surface area contributed by atoms with E-state index in [9.17, 15) is 9.59 Å². The van der Waals surface area contributed by atoms with Crippen LogP contribution >= 0.6 is 11.6 Å². The Hall–Kier alpha value is -2.31. The first-order valence-corrected chi connectivity index (χ1v) is 9.53. The fourth-order valence-corrected chi connectivity index (χ4v) is 3.66. The van der Waals surface area contributed by atoms with Gasteiger partial charge < -0.3 is 20.4 Å². The smallest absolute Gasteiger partial charge is 0.258 e. The highest BCUT2D eigenvalue weighted by atomic mass is 35.5. The van der Waals surface area contributed by atoms with Crippen LogP contribution in [0.3, 0.4) is 0 Å². The van der Waals surface area contributed by atoms with Crippen LogP contribution in [0.25, 0.3) is 0 Å². The molecule has 0 aliphatic heterocycles. The third kappa shape index (κ3) is 4.51. The van der Waals surface area contributed by atoms with Crippen molar-refractivity contribution in [3.8, 4) is 0 Å². The summed E-state index contributed by atoms with van der Waals surface area (Å²) in [4.78, 5) is 26.8. The zero-order chi connectivity index (χ0) is 19.4. The lowest BCUT2D eigenvalue weighted by atomic mass is 9.94. The number of hydrogen-bond donors (Lipinski definition) is 2. The number of nitrogens with one attached hydrogen (secondary N) is 1. The first-order chi connectivity index (χ1) is 13.0. The molecule has 2 aromatic rings. The molecular weight excluding hydrogens is 366 g/mol. The molecule has 0 unspecified atom stereocenters. The van der Waals surface area contributed by atoms with Crippen molar-refractivity contribution in [2.24, 2.45) is 5.73 Å². The van der Waals surface area contributed by atoms with Gasteiger partial charge in [-0.1, -0.05) is 30.9 Å². The predicted molar refractivity (Wildman–Crippen MR) is 105 cm³/mol. The fraction of sp³-hybridized carbons (Fsp3) is 0.400. The fourth-order valence-electron chi connectivity index (χ4n) is 3.40. The minimum atomic E-state index is -0.326. The van der Waals surface area contributed by atoms with Gasteiger partial charge in [0.2, 0.25) is 0 Å². The van der Waals surface area contributed by atoms with Gasteiger partial charge in [-0.15, -0.1) is 0 Å². The zero-order valence-electron chi connectivity index (χ0n) is 15.3. The van der Waals surface area contributed by atoms with E-state index in [0.29, 0.717) is 27.6 Å². The van der Waals surface area contributed by atoms with Gasteiger partial charge in [-0.25, -0.2) is 0 Å². The summed E-state index contributed by atoms with van der Waals surface area (Å²) in [6, 6.07) is 6.77. The van der Waals surface area contributed by atoms with Crippen LogP contribution in [0, 0.1) is 0 Å². The maximum Gasteiger partial charge on any atom is 0.258 e. The van der Waals surface area contributed by atoms with Crippen molar-refractivity contribution in [2.45, 2.75) is 44.7 Å². The largest absolute Gasteiger partial charge is 0.467 e.